The Morgan fingerprint density at radius 1 is 0.600 bits per heavy atom. The lowest BCUT2D eigenvalue weighted by Gasteiger charge is -2.40. The summed E-state index contributed by atoms with van der Waals surface area (Å²) in [7, 11) is 0. The van der Waals surface area contributed by atoms with Crippen molar-refractivity contribution in [2.75, 3.05) is 0 Å². The van der Waals surface area contributed by atoms with Crippen molar-refractivity contribution in [2.24, 2.45) is 41.4 Å². The van der Waals surface area contributed by atoms with E-state index >= 15 is 0 Å². The third kappa shape index (κ3) is 5.48. The van der Waals surface area contributed by atoms with Gasteiger partial charge in [-0.2, -0.15) is 0 Å². The normalized spacial score (nSPS) is 45.9. The highest BCUT2D eigenvalue weighted by Gasteiger charge is 2.46. The van der Waals surface area contributed by atoms with Crippen LogP contribution in [0.25, 0.3) is 0 Å². The highest BCUT2D eigenvalue weighted by Crippen LogP contribution is 2.43. The summed E-state index contributed by atoms with van der Waals surface area (Å²) in [4.78, 5) is 0.736. The van der Waals surface area contributed by atoms with Gasteiger partial charge in [0.2, 0.25) is 0 Å². The van der Waals surface area contributed by atoms with Crippen LogP contribution in [0.3, 0.4) is 0 Å². The molecule has 1 aliphatic heterocycles. The zero-order chi connectivity index (χ0) is 21.3. The number of nitrogens with one attached hydrogen (secondary N) is 2. The van der Waals surface area contributed by atoms with Crippen LogP contribution in [0.5, 0.6) is 0 Å². The molecule has 3 heteroatoms. The van der Waals surface area contributed by atoms with Crippen molar-refractivity contribution in [3.05, 3.63) is 0 Å². The molecular formula is C27H49BrN2. The molecule has 174 valence electrons. The molecule has 4 atom stereocenters. The predicted octanol–water partition coefficient (Wildman–Crippen LogP) is 7.12. The standard InChI is InChI=1S/C27H49BrN2/c1-17(2)19-8-12-21(13-9-19)25-26(22-14-10-20(11-15-22)18(3)4)30-27(29-25)23-6-5-7-24(28)16-23/h17-27,29-30H,5-16H2,1-4H3. The molecule has 0 spiro atoms. The molecule has 30 heavy (non-hydrogen) atoms. The first-order chi connectivity index (χ1) is 14.4. The molecule has 1 heterocycles. The van der Waals surface area contributed by atoms with Crippen molar-refractivity contribution in [1.82, 2.24) is 10.6 Å². The van der Waals surface area contributed by atoms with Crippen LogP contribution < -0.4 is 10.6 Å². The van der Waals surface area contributed by atoms with E-state index < -0.39 is 0 Å². The summed E-state index contributed by atoms with van der Waals surface area (Å²) < 4.78 is 0. The van der Waals surface area contributed by atoms with E-state index in [0.717, 1.165) is 58.3 Å². The number of halogens is 1. The lowest BCUT2D eigenvalue weighted by atomic mass is 9.69. The Kier molecular flexibility index (Phi) is 8.29. The van der Waals surface area contributed by atoms with Crippen molar-refractivity contribution in [3.8, 4) is 0 Å². The smallest absolute Gasteiger partial charge is 0.0606 e. The van der Waals surface area contributed by atoms with Gasteiger partial charge in [0.15, 0.2) is 0 Å². The Bertz CT molecular complexity index is 483. The van der Waals surface area contributed by atoms with E-state index in [-0.39, 0.29) is 0 Å². The van der Waals surface area contributed by atoms with E-state index in [2.05, 4.69) is 54.3 Å². The van der Waals surface area contributed by atoms with E-state index in [4.69, 9.17) is 0 Å². The minimum Gasteiger partial charge on any atom is -0.297 e. The summed E-state index contributed by atoms with van der Waals surface area (Å²) in [6.07, 6.45) is 17.8. The predicted molar refractivity (Wildman–Crippen MR) is 133 cm³/mol. The molecule has 4 fully saturated rings. The Morgan fingerprint density at radius 3 is 1.47 bits per heavy atom. The molecule has 3 aliphatic carbocycles. The molecule has 0 aromatic rings. The SMILES string of the molecule is CC(C)C1CCC(C2NC(C3CCCC(Br)C3)NC2C2CCC(C(C)C)CC2)CC1. The lowest BCUT2D eigenvalue weighted by molar-refractivity contribution is 0.145. The van der Waals surface area contributed by atoms with Gasteiger partial charge in [-0.25, -0.2) is 0 Å². The van der Waals surface area contributed by atoms with Crippen molar-refractivity contribution in [1.29, 1.82) is 0 Å². The quantitative estimate of drug-likeness (QED) is 0.409. The fraction of sp³-hybridized carbons (Fsp3) is 1.00. The van der Waals surface area contributed by atoms with Crippen molar-refractivity contribution < 1.29 is 0 Å². The number of alkyl halides is 1. The van der Waals surface area contributed by atoms with Gasteiger partial charge in [-0.15, -0.1) is 0 Å². The molecule has 4 aliphatic rings. The molecule has 0 aromatic heterocycles. The Morgan fingerprint density at radius 2 is 1.07 bits per heavy atom. The Balaban J connectivity index is 1.42. The van der Waals surface area contributed by atoms with Crippen molar-refractivity contribution in [3.63, 3.8) is 0 Å². The van der Waals surface area contributed by atoms with Crippen LogP contribution in [-0.4, -0.2) is 23.1 Å². The molecule has 2 N–H and O–H groups in total. The first kappa shape index (κ1) is 23.6. The van der Waals surface area contributed by atoms with E-state index in [1.807, 2.05) is 0 Å². The molecule has 0 amide bonds. The van der Waals surface area contributed by atoms with Gasteiger partial charge < -0.3 is 0 Å². The van der Waals surface area contributed by atoms with Crippen molar-refractivity contribution in [2.45, 2.75) is 128 Å². The van der Waals surface area contributed by atoms with Gasteiger partial charge in [-0.1, -0.05) is 50.0 Å². The summed E-state index contributed by atoms with van der Waals surface area (Å²) in [5.41, 5.74) is 0. The lowest BCUT2D eigenvalue weighted by Crippen LogP contribution is -2.46. The molecule has 0 radical (unpaired) electrons. The zero-order valence-corrected chi connectivity index (χ0v) is 21.8. The van der Waals surface area contributed by atoms with Gasteiger partial charge in [-0.3, -0.25) is 10.6 Å². The first-order valence-electron chi connectivity index (χ1n) is 13.6. The second kappa shape index (κ2) is 10.6. The molecular weight excluding hydrogens is 432 g/mol. The molecule has 1 saturated heterocycles. The number of hydrogen-bond donors (Lipinski definition) is 2. The van der Waals surface area contributed by atoms with Crippen LogP contribution in [0.15, 0.2) is 0 Å². The summed E-state index contributed by atoms with van der Waals surface area (Å²) in [5.74, 6) is 6.29. The maximum absolute atomic E-state index is 4.24. The van der Waals surface area contributed by atoms with Crippen LogP contribution in [0, 0.1) is 41.4 Å². The number of hydrogen-bond acceptors (Lipinski definition) is 2. The summed E-state index contributed by atoms with van der Waals surface area (Å²) in [5, 5.41) is 8.49. The van der Waals surface area contributed by atoms with E-state index in [0.29, 0.717) is 6.17 Å². The largest absolute Gasteiger partial charge is 0.297 e. The summed E-state index contributed by atoms with van der Waals surface area (Å²) >= 11 is 3.94. The third-order valence-corrected chi connectivity index (χ3v) is 10.6. The van der Waals surface area contributed by atoms with Gasteiger partial charge >= 0.3 is 0 Å². The minimum atomic E-state index is 0.561. The minimum absolute atomic E-state index is 0.561. The average Bonchev–Trinajstić information content (AvgIpc) is 3.19. The molecule has 3 saturated carbocycles. The molecule has 4 unspecified atom stereocenters. The third-order valence-electron chi connectivity index (χ3n) is 9.79. The highest BCUT2D eigenvalue weighted by atomic mass is 79.9. The van der Waals surface area contributed by atoms with Crippen LogP contribution in [0.1, 0.15) is 105 Å². The maximum atomic E-state index is 4.24. The van der Waals surface area contributed by atoms with E-state index in [1.54, 1.807) is 0 Å². The highest BCUT2D eigenvalue weighted by molar-refractivity contribution is 9.09. The maximum Gasteiger partial charge on any atom is 0.0606 e. The monoisotopic (exact) mass is 480 g/mol. The second-order valence-corrected chi connectivity index (χ2v) is 13.5. The molecule has 0 bridgehead atoms. The fourth-order valence-corrected chi connectivity index (χ4v) is 8.41. The van der Waals surface area contributed by atoms with Crippen LogP contribution >= 0.6 is 15.9 Å². The van der Waals surface area contributed by atoms with Gasteiger partial charge in [-0.05, 0) is 112 Å². The summed E-state index contributed by atoms with van der Waals surface area (Å²) in [6.45, 7) is 9.75. The number of rotatable bonds is 5. The topological polar surface area (TPSA) is 24.1 Å². The van der Waals surface area contributed by atoms with E-state index in [1.165, 1.54) is 77.0 Å². The Hall–Kier alpha value is 0.400. The fourth-order valence-electron chi connectivity index (χ4n) is 7.61. The van der Waals surface area contributed by atoms with Gasteiger partial charge in [0.25, 0.3) is 0 Å². The summed E-state index contributed by atoms with van der Waals surface area (Å²) in [6, 6.07) is 1.44. The van der Waals surface area contributed by atoms with Crippen LogP contribution in [0.4, 0.5) is 0 Å². The van der Waals surface area contributed by atoms with Gasteiger partial charge in [0, 0.05) is 16.9 Å². The molecule has 0 aromatic carbocycles. The first-order valence-corrected chi connectivity index (χ1v) is 14.5. The van der Waals surface area contributed by atoms with Crippen LogP contribution in [-0.2, 0) is 0 Å². The van der Waals surface area contributed by atoms with Gasteiger partial charge in [0.1, 0.15) is 0 Å². The Labute approximate surface area is 195 Å². The van der Waals surface area contributed by atoms with Gasteiger partial charge in [0.05, 0.1) is 6.17 Å². The molecule has 4 rings (SSSR count). The zero-order valence-electron chi connectivity index (χ0n) is 20.2. The van der Waals surface area contributed by atoms with Crippen LogP contribution in [0.2, 0.25) is 0 Å². The average molecular weight is 482 g/mol. The molecule has 2 nitrogen and oxygen atoms in total. The van der Waals surface area contributed by atoms with Crippen molar-refractivity contribution >= 4 is 15.9 Å². The second-order valence-electron chi connectivity index (χ2n) is 12.2. The van der Waals surface area contributed by atoms with E-state index in [9.17, 15) is 0 Å².